The van der Waals surface area contributed by atoms with E-state index < -0.39 is 23.8 Å². The van der Waals surface area contributed by atoms with Gasteiger partial charge in [0.2, 0.25) is 0 Å². The molecule has 0 aromatic heterocycles. The summed E-state index contributed by atoms with van der Waals surface area (Å²) >= 11 is 0. The van der Waals surface area contributed by atoms with Crippen LogP contribution in [0.5, 0.6) is 5.75 Å². The van der Waals surface area contributed by atoms with Crippen LogP contribution in [0.3, 0.4) is 0 Å². The molecule has 1 atom stereocenters. The van der Waals surface area contributed by atoms with E-state index in [1.54, 1.807) is 6.07 Å². The minimum Gasteiger partial charge on any atom is -0.481 e. The molecule has 0 unspecified atom stereocenters. The molecule has 1 amide bonds. The Labute approximate surface area is 148 Å². The molecule has 0 spiro atoms. The largest absolute Gasteiger partial charge is 0.481 e. The molecule has 26 heavy (non-hydrogen) atoms. The molecular weight excluding hydrogens is 343 g/mol. The Morgan fingerprint density at radius 3 is 2.42 bits per heavy atom. The summed E-state index contributed by atoms with van der Waals surface area (Å²) in [5.74, 6) is -0.0205. The highest BCUT2D eigenvalue weighted by atomic mass is 19.4. The van der Waals surface area contributed by atoms with Crippen molar-refractivity contribution in [3.8, 4) is 5.75 Å². The van der Waals surface area contributed by atoms with Gasteiger partial charge in [-0.1, -0.05) is 36.4 Å². The quantitative estimate of drug-likeness (QED) is 0.690. The first-order valence-electron chi connectivity index (χ1n) is 7.96. The lowest BCUT2D eigenvalue weighted by molar-refractivity contribution is -0.137. The van der Waals surface area contributed by atoms with E-state index in [4.69, 9.17) is 4.74 Å². The van der Waals surface area contributed by atoms with E-state index in [1.807, 2.05) is 36.4 Å². The minimum atomic E-state index is -4.46. The second kappa shape index (κ2) is 7.07. The van der Waals surface area contributed by atoms with Crippen molar-refractivity contribution in [1.82, 2.24) is 0 Å². The van der Waals surface area contributed by atoms with Crippen LogP contribution in [0.15, 0.2) is 66.7 Å². The second-order valence-corrected chi connectivity index (χ2v) is 5.84. The topological polar surface area (TPSA) is 38.3 Å². The molecule has 0 bridgehead atoms. The average Bonchev–Trinajstić information content (AvgIpc) is 2.61. The van der Waals surface area contributed by atoms with Crippen molar-refractivity contribution in [2.24, 2.45) is 0 Å². The van der Waals surface area contributed by atoms with Gasteiger partial charge in [-0.2, -0.15) is 13.2 Å². The van der Waals surface area contributed by atoms with Crippen LogP contribution in [0.1, 0.15) is 12.5 Å². The van der Waals surface area contributed by atoms with Gasteiger partial charge in [-0.15, -0.1) is 0 Å². The van der Waals surface area contributed by atoms with Crippen LogP contribution in [-0.4, -0.2) is 12.0 Å². The molecular formula is C20H16F3NO2. The fraction of sp³-hybridized carbons (Fsp3) is 0.150. The maximum Gasteiger partial charge on any atom is 0.416 e. The Hall–Kier alpha value is -3.02. The van der Waals surface area contributed by atoms with E-state index >= 15 is 0 Å². The molecule has 0 aliphatic rings. The average molecular weight is 359 g/mol. The Morgan fingerprint density at radius 1 is 0.962 bits per heavy atom. The van der Waals surface area contributed by atoms with Crippen molar-refractivity contribution in [1.29, 1.82) is 0 Å². The van der Waals surface area contributed by atoms with Crippen molar-refractivity contribution in [3.63, 3.8) is 0 Å². The van der Waals surface area contributed by atoms with E-state index in [1.165, 1.54) is 19.1 Å². The van der Waals surface area contributed by atoms with Gasteiger partial charge in [-0.25, -0.2) is 0 Å². The van der Waals surface area contributed by atoms with E-state index in [0.29, 0.717) is 5.75 Å². The van der Waals surface area contributed by atoms with Gasteiger partial charge in [0.15, 0.2) is 6.10 Å². The van der Waals surface area contributed by atoms with Crippen LogP contribution in [-0.2, 0) is 11.0 Å². The van der Waals surface area contributed by atoms with Gasteiger partial charge < -0.3 is 10.1 Å². The molecule has 0 aliphatic heterocycles. The van der Waals surface area contributed by atoms with Gasteiger partial charge in [0.05, 0.1) is 5.56 Å². The van der Waals surface area contributed by atoms with Crippen LogP contribution in [0, 0.1) is 0 Å². The number of rotatable bonds is 4. The van der Waals surface area contributed by atoms with Crippen LogP contribution in [0.4, 0.5) is 18.9 Å². The number of carbonyl (C=O) groups excluding carboxylic acids is 1. The monoisotopic (exact) mass is 359 g/mol. The number of halogens is 3. The number of benzene rings is 3. The third-order valence-electron chi connectivity index (χ3n) is 3.86. The Morgan fingerprint density at radius 2 is 1.69 bits per heavy atom. The standard InChI is InChI=1S/C20H16F3NO2/c1-13(26-18-10-9-14-5-2-3-6-15(14)11-18)19(25)24-17-8-4-7-16(12-17)20(21,22)23/h2-13H,1H3,(H,24,25)/t13-/m1/s1. The SMILES string of the molecule is C[C@@H](Oc1ccc2ccccc2c1)C(=O)Nc1cccc(C(F)(F)F)c1. The fourth-order valence-corrected chi connectivity index (χ4v) is 2.52. The zero-order chi connectivity index (χ0) is 18.7. The van der Waals surface area contributed by atoms with Crippen LogP contribution in [0.25, 0.3) is 10.8 Å². The number of ether oxygens (including phenoxy) is 1. The Kier molecular flexibility index (Phi) is 4.84. The number of fused-ring (bicyclic) bond motifs is 1. The zero-order valence-electron chi connectivity index (χ0n) is 13.9. The number of amides is 1. The van der Waals surface area contributed by atoms with Gasteiger partial charge in [0.1, 0.15) is 5.75 Å². The maximum absolute atomic E-state index is 12.7. The van der Waals surface area contributed by atoms with Gasteiger partial charge in [-0.05, 0) is 48.0 Å². The molecule has 0 aliphatic carbocycles. The number of alkyl halides is 3. The first-order chi connectivity index (χ1) is 12.3. The minimum absolute atomic E-state index is 0.0683. The number of nitrogens with one attached hydrogen (secondary N) is 1. The Bertz CT molecular complexity index is 937. The molecule has 3 aromatic rings. The maximum atomic E-state index is 12.7. The van der Waals surface area contributed by atoms with Crippen LogP contribution < -0.4 is 10.1 Å². The first-order valence-corrected chi connectivity index (χ1v) is 7.96. The molecule has 3 nitrogen and oxygen atoms in total. The molecule has 3 rings (SSSR count). The van der Waals surface area contributed by atoms with Crippen LogP contribution in [0.2, 0.25) is 0 Å². The smallest absolute Gasteiger partial charge is 0.416 e. The van der Waals surface area contributed by atoms with Gasteiger partial charge in [0.25, 0.3) is 5.91 Å². The molecule has 134 valence electrons. The lowest BCUT2D eigenvalue weighted by atomic mass is 10.1. The summed E-state index contributed by atoms with van der Waals surface area (Å²) in [5, 5.41) is 4.46. The van der Waals surface area contributed by atoms with Crippen molar-refractivity contribution < 1.29 is 22.7 Å². The molecule has 3 aromatic carbocycles. The number of anilines is 1. The summed E-state index contributed by atoms with van der Waals surface area (Å²) < 4.78 is 43.8. The van der Waals surface area contributed by atoms with E-state index in [0.717, 1.165) is 22.9 Å². The fourth-order valence-electron chi connectivity index (χ4n) is 2.52. The summed E-state index contributed by atoms with van der Waals surface area (Å²) in [4.78, 5) is 12.2. The predicted octanol–water partition coefficient (Wildman–Crippen LogP) is 5.26. The molecule has 1 N–H and O–H groups in total. The summed E-state index contributed by atoms with van der Waals surface area (Å²) in [5.41, 5.74) is -0.753. The third kappa shape index (κ3) is 4.14. The number of hydrogen-bond donors (Lipinski definition) is 1. The van der Waals surface area contributed by atoms with Crippen molar-refractivity contribution >= 4 is 22.4 Å². The molecule has 0 heterocycles. The van der Waals surface area contributed by atoms with Crippen molar-refractivity contribution in [3.05, 3.63) is 72.3 Å². The van der Waals surface area contributed by atoms with E-state index in [9.17, 15) is 18.0 Å². The normalized spacial score (nSPS) is 12.6. The second-order valence-electron chi connectivity index (χ2n) is 5.84. The van der Waals surface area contributed by atoms with Crippen LogP contribution >= 0.6 is 0 Å². The van der Waals surface area contributed by atoms with Gasteiger partial charge in [-0.3, -0.25) is 4.79 Å². The number of hydrogen-bond acceptors (Lipinski definition) is 2. The highest BCUT2D eigenvalue weighted by Gasteiger charge is 2.30. The summed E-state index contributed by atoms with van der Waals surface area (Å²) in [6.07, 6.45) is -5.33. The van der Waals surface area contributed by atoms with Crippen molar-refractivity contribution in [2.45, 2.75) is 19.2 Å². The lowest BCUT2D eigenvalue weighted by Crippen LogP contribution is -2.30. The lowest BCUT2D eigenvalue weighted by Gasteiger charge is -2.16. The molecule has 0 saturated heterocycles. The summed E-state index contributed by atoms with van der Waals surface area (Å²) in [7, 11) is 0. The first kappa shape index (κ1) is 17.8. The third-order valence-corrected chi connectivity index (χ3v) is 3.86. The van der Waals surface area contributed by atoms with Crippen molar-refractivity contribution in [2.75, 3.05) is 5.32 Å². The highest BCUT2D eigenvalue weighted by Crippen LogP contribution is 2.30. The van der Waals surface area contributed by atoms with Gasteiger partial charge in [0, 0.05) is 5.69 Å². The summed E-state index contributed by atoms with van der Waals surface area (Å²) in [6, 6.07) is 17.6. The van der Waals surface area contributed by atoms with E-state index in [-0.39, 0.29) is 5.69 Å². The Balaban J connectivity index is 1.69. The molecule has 6 heteroatoms. The highest BCUT2D eigenvalue weighted by molar-refractivity contribution is 5.94. The zero-order valence-corrected chi connectivity index (χ0v) is 13.9. The van der Waals surface area contributed by atoms with Gasteiger partial charge >= 0.3 is 6.18 Å². The molecule has 0 radical (unpaired) electrons. The van der Waals surface area contributed by atoms with E-state index in [2.05, 4.69) is 5.32 Å². The molecule has 0 saturated carbocycles. The summed E-state index contributed by atoms with van der Waals surface area (Å²) in [6.45, 7) is 1.54. The number of carbonyl (C=O) groups is 1. The predicted molar refractivity (Wildman–Crippen MR) is 94.1 cm³/mol. The molecule has 0 fully saturated rings.